The minimum Gasteiger partial charge on any atom is -0.496 e. The molecule has 0 unspecified atom stereocenters. The van der Waals surface area contributed by atoms with Gasteiger partial charge in [0, 0.05) is 6.20 Å². The van der Waals surface area contributed by atoms with E-state index in [2.05, 4.69) is 10.3 Å². The van der Waals surface area contributed by atoms with Crippen LogP contribution in [0.1, 0.15) is 15.9 Å². The molecule has 0 fully saturated rings. The number of hydrogen-bond acceptors (Lipinski definition) is 5. The maximum Gasteiger partial charge on any atom is 0.341 e. The topological polar surface area (TPSA) is 66.2 Å². The molecule has 18 heavy (non-hydrogen) atoms. The Kier molecular flexibility index (Phi) is 3.57. The van der Waals surface area contributed by atoms with E-state index in [9.17, 15) is 4.79 Å². The molecule has 0 saturated heterocycles. The molecule has 1 heterocycles. The lowest BCUT2D eigenvalue weighted by molar-refractivity contribution is 0.0597. The van der Waals surface area contributed by atoms with Crippen molar-refractivity contribution in [1.82, 2.24) is 15.0 Å². The minimum absolute atomic E-state index is 0.401. The first-order chi connectivity index (χ1) is 8.74. The van der Waals surface area contributed by atoms with Crippen molar-refractivity contribution in [2.45, 2.75) is 6.54 Å². The summed E-state index contributed by atoms with van der Waals surface area (Å²) >= 11 is 0. The van der Waals surface area contributed by atoms with Crippen molar-refractivity contribution >= 4 is 5.97 Å². The van der Waals surface area contributed by atoms with Crippen LogP contribution in [0.4, 0.5) is 0 Å². The normalized spacial score (nSPS) is 10.1. The molecule has 0 bridgehead atoms. The van der Waals surface area contributed by atoms with Gasteiger partial charge in [-0.25, -0.2) is 9.48 Å². The average molecular weight is 247 g/mol. The molecule has 1 aromatic heterocycles. The number of hydrogen-bond donors (Lipinski definition) is 0. The second-order valence-corrected chi connectivity index (χ2v) is 3.63. The third-order valence-electron chi connectivity index (χ3n) is 2.49. The van der Waals surface area contributed by atoms with Crippen molar-refractivity contribution in [3.05, 3.63) is 41.7 Å². The van der Waals surface area contributed by atoms with E-state index < -0.39 is 5.97 Å². The van der Waals surface area contributed by atoms with Crippen LogP contribution in [0.2, 0.25) is 0 Å². The quantitative estimate of drug-likeness (QED) is 0.757. The van der Waals surface area contributed by atoms with Crippen molar-refractivity contribution in [2.75, 3.05) is 14.2 Å². The summed E-state index contributed by atoms with van der Waals surface area (Å²) < 4.78 is 11.5. The number of carbonyl (C=O) groups is 1. The lowest BCUT2D eigenvalue weighted by Gasteiger charge is -2.09. The second-order valence-electron chi connectivity index (χ2n) is 3.63. The Hall–Kier alpha value is -2.37. The number of aromatic nitrogens is 3. The predicted molar refractivity (Wildman–Crippen MR) is 63.5 cm³/mol. The Bertz CT molecular complexity index is 538. The summed E-state index contributed by atoms with van der Waals surface area (Å²) in [4.78, 5) is 11.6. The average Bonchev–Trinajstić information content (AvgIpc) is 2.90. The molecule has 0 amide bonds. The summed E-state index contributed by atoms with van der Waals surface area (Å²) in [5.41, 5.74) is 1.32. The number of methoxy groups -OCH3 is 2. The first kappa shape index (κ1) is 12.1. The number of carbonyl (C=O) groups excluding carboxylic acids is 1. The molecule has 2 aromatic rings. The molecule has 0 atom stereocenters. The molecular formula is C12H13N3O3. The van der Waals surface area contributed by atoms with E-state index in [0.29, 0.717) is 17.9 Å². The van der Waals surface area contributed by atoms with Crippen LogP contribution in [-0.4, -0.2) is 35.2 Å². The van der Waals surface area contributed by atoms with Gasteiger partial charge >= 0.3 is 5.97 Å². The fraction of sp³-hybridized carbons (Fsp3) is 0.250. The van der Waals surface area contributed by atoms with Crippen LogP contribution in [0.5, 0.6) is 5.75 Å². The number of rotatable bonds is 4. The van der Waals surface area contributed by atoms with Gasteiger partial charge in [0.15, 0.2) is 0 Å². The van der Waals surface area contributed by atoms with Crippen molar-refractivity contribution in [1.29, 1.82) is 0 Å². The zero-order valence-electron chi connectivity index (χ0n) is 10.2. The third kappa shape index (κ3) is 2.48. The number of nitrogens with zero attached hydrogens (tertiary/aromatic N) is 3. The molecule has 0 radical (unpaired) electrons. The van der Waals surface area contributed by atoms with Gasteiger partial charge in [-0.05, 0) is 17.7 Å². The van der Waals surface area contributed by atoms with Crippen LogP contribution >= 0.6 is 0 Å². The van der Waals surface area contributed by atoms with E-state index in [0.717, 1.165) is 5.56 Å². The third-order valence-corrected chi connectivity index (χ3v) is 2.49. The van der Waals surface area contributed by atoms with Gasteiger partial charge < -0.3 is 9.47 Å². The first-order valence-corrected chi connectivity index (χ1v) is 5.34. The highest BCUT2D eigenvalue weighted by molar-refractivity contribution is 5.92. The molecule has 0 spiro atoms. The van der Waals surface area contributed by atoms with Gasteiger partial charge in [-0.2, -0.15) is 0 Å². The largest absolute Gasteiger partial charge is 0.496 e. The summed E-state index contributed by atoms with van der Waals surface area (Å²) in [7, 11) is 2.85. The highest BCUT2D eigenvalue weighted by atomic mass is 16.5. The highest BCUT2D eigenvalue weighted by Crippen LogP contribution is 2.21. The van der Waals surface area contributed by atoms with Crippen LogP contribution < -0.4 is 4.74 Å². The maximum absolute atomic E-state index is 11.6. The minimum atomic E-state index is -0.424. The molecule has 0 aliphatic heterocycles. The van der Waals surface area contributed by atoms with Gasteiger partial charge in [0.25, 0.3) is 0 Å². The second kappa shape index (κ2) is 5.31. The molecule has 94 valence electrons. The van der Waals surface area contributed by atoms with Gasteiger partial charge in [-0.15, -0.1) is 5.10 Å². The molecule has 0 aliphatic rings. The Morgan fingerprint density at radius 1 is 1.39 bits per heavy atom. The smallest absolute Gasteiger partial charge is 0.341 e. The molecule has 0 aliphatic carbocycles. The summed E-state index contributed by atoms with van der Waals surface area (Å²) in [6.45, 7) is 0.536. The van der Waals surface area contributed by atoms with E-state index in [-0.39, 0.29) is 0 Å². The standard InChI is InChI=1S/C12H13N3O3/c1-17-11-4-3-9(7-10(11)12(16)18-2)8-15-6-5-13-14-15/h3-7H,8H2,1-2H3. The maximum atomic E-state index is 11.6. The van der Waals surface area contributed by atoms with E-state index in [4.69, 9.17) is 9.47 Å². The Balaban J connectivity index is 2.30. The van der Waals surface area contributed by atoms with Gasteiger partial charge in [0.2, 0.25) is 0 Å². The van der Waals surface area contributed by atoms with Crippen LogP contribution in [-0.2, 0) is 11.3 Å². The highest BCUT2D eigenvalue weighted by Gasteiger charge is 2.13. The SMILES string of the molecule is COC(=O)c1cc(Cn2ccnn2)ccc1OC. The van der Waals surface area contributed by atoms with Crippen LogP contribution in [0.15, 0.2) is 30.6 Å². The fourth-order valence-electron chi connectivity index (χ4n) is 1.63. The Morgan fingerprint density at radius 2 is 2.22 bits per heavy atom. The molecule has 6 heteroatoms. The van der Waals surface area contributed by atoms with Crippen molar-refractivity contribution < 1.29 is 14.3 Å². The first-order valence-electron chi connectivity index (χ1n) is 5.34. The van der Waals surface area contributed by atoms with E-state index >= 15 is 0 Å². The molecule has 2 rings (SSSR count). The molecular weight excluding hydrogens is 234 g/mol. The Morgan fingerprint density at radius 3 is 2.83 bits per heavy atom. The van der Waals surface area contributed by atoms with Crippen molar-refractivity contribution in [2.24, 2.45) is 0 Å². The van der Waals surface area contributed by atoms with Crippen LogP contribution in [0.3, 0.4) is 0 Å². The number of benzene rings is 1. The number of esters is 1. The van der Waals surface area contributed by atoms with Crippen LogP contribution in [0.25, 0.3) is 0 Å². The van der Waals surface area contributed by atoms with Gasteiger partial charge in [0.1, 0.15) is 11.3 Å². The lowest BCUT2D eigenvalue weighted by Crippen LogP contribution is -2.07. The monoisotopic (exact) mass is 247 g/mol. The number of ether oxygens (including phenoxy) is 2. The van der Waals surface area contributed by atoms with Gasteiger partial charge in [-0.1, -0.05) is 11.3 Å². The molecule has 0 saturated carbocycles. The summed E-state index contributed by atoms with van der Waals surface area (Å²) in [6, 6.07) is 5.33. The zero-order chi connectivity index (χ0) is 13.0. The van der Waals surface area contributed by atoms with Crippen molar-refractivity contribution in [3.8, 4) is 5.75 Å². The summed E-state index contributed by atoms with van der Waals surface area (Å²) in [5.74, 6) is 0.0662. The van der Waals surface area contributed by atoms with E-state index in [1.54, 1.807) is 29.2 Å². The van der Waals surface area contributed by atoms with Crippen molar-refractivity contribution in [3.63, 3.8) is 0 Å². The van der Waals surface area contributed by atoms with Gasteiger partial charge in [0.05, 0.1) is 27.0 Å². The molecule has 1 aromatic carbocycles. The summed E-state index contributed by atoms with van der Waals surface area (Å²) in [5, 5.41) is 7.59. The summed E-state index contributed by atoms with van der Waals surface area (Å²) in [6.07, 6.45) is 3.35. The van der Waals surface area contributed by atoms with Crippen LogP contribution in [0, 0.1) is 0 Å². The Labute approximate surface area is 104 Å². The lowest BCUT2D eigenvalue weighted by atomic mass is 10.1. The fourth-order valence-corrected chi connectivity index (χ4v) is 1.63. The molecule has 6 nitrogen and oxygen atoms in total. The van der Waals surface area contributed by atoms with Gasteiger partial charge in [-0.3, -0.25) is 0 Å². The molecule has 0 N–H and O–H groups in total. The predicted octanol–water partition coefficient (Wildman–Crippen LogP) is 1.12. The van der Waals surface area contributed by atoms with E-state index in [1.807, 2.05) is 6.07 Å². The zero-order valence-corrected chi connectivity index (χ0v) is 10.2. The van der Waals surface area contributed by atoms with E-state index in [1.165, 1.54) is 14.2 Å².